The summed E-state index contributed by atoms with van der Waals surface area (Å²) >= 11 is 0. The van der Waals surface area contributed by atoms with Gasteiger partial charge in [0.25, 0.3) is 6.43 Å². The molecule has 1 heterocycles. The van der Waals surface area contributed by atoms with Gasteiger partial charge < -0.3 is 5.32 Å². The Morgan fingerprint density at radius 3 is 2.62 bits per heavy atom. The van der Waals surface area contributed by atoms with Crippen molar-refractivity contribution in [2.75, 3.05) is 7.05 Å². The first kappa shape index (κ1) is 12.7. The summed E-state index contributed by atoms with van der Waals surface area (Å²) < 4.78 is 38.0. The highest BCUT2D eigenvalue weighted by atomic mass is 19.3. The van der Waals surface area contributed by atoms with E-state index in [0.29, 0.717) is 5.56 Å². The Balaban J connectivity index is 2.63. The lowest BCUT2D eigenvalue weighted by molar-refractivity contribution is 0.0720. The van der Waals surface area contributed by atoms with Gasteiger partial charge in [-0.05, 0) is 24.8 Å². The van der Waals surface area contributed by atoms with Crippen LogP contribution in [0.25, 0.3) is 6.08 Å². The van der Waals surface area contributed by atoms with Crippen LogP contribution in [0, 0.1) is 0 Å². The molecule has 5 heteroatoms. The molecule has 1 rings (SSSR count). The lowest BCUT2D eigenvalue weighted by Gasteiger charge is -2.16. The summed E-state index contributed by atoms with van der Waals surface area (Å²) in [5.74, 6) is 0. The highest BCUT2D eigenvalue weighted by Gasteiger charge is 2.26. The van der Waals surface area contributed by atoms with E-state index < -0.39 is 18.6 Å². The highest BCUT2D eigenvalue weighted by Crippen LogP contribution is 2.11. The van der Waals surface area contributed by atoms with Crippen LogP contribution in [0.5, 0.6) is 0 Å². The van der Waals surface area contributed by atoms with Gasteiger partial charge in [-0.25, -0.2) is 13.2 Å². The normalized spacial score (nSPS) is 15.6. The zero-order chi connectivity index (χ0) is 12.0. The number of rotatable bonds is 5. The minimum atomic E-state index is -2.74. The van der Waals surface area contributed by atoms with Crippen molar-refractivity contribution in [2.24, 2.45) is 0 Å². The van der Waals surface area contributed by atoms with Crippen LogP contribution in [-0.2, 0) is 0 Å². The van der Waals surface area contributed by atoms with Crippen molar-refractivity contribution in [3.63, 3.8) is 0 Å². The Kier molecular flexibility index (Phi) is 4.98. The number of aromatic nitrogens is 1. The maximum atomic E-state index is 13.4. The standard InChI is InChI=1S/C11H13F3N2/c1-15-10(11(13)14)9(12)5-4-8-3-2-6-16-7-8/h2-7,9-11,15H,1H3/b5-4-. The zero-order valence-corrected chi connectivity index (χ0v) is 8.78. The largest absolute Gasteiger partial charge is 0.309 e. The van der Waals surface area contributed by atoms with Gasteiger partial charge in [-0.2, -0.15) is 0 Å². The van der Waals surface area contributed by atoms with E-state index in [-0.39, 0.29) is 0 Å². The average Bonchev–Trinajstić information content (AvgIpc) is 2.28. The third-order valence-corrected chi connectivity index (χ3v) is 2.10. The number of hydrogen-bond acceptors (Lipinski definition) is 2. The van der Waals surface area contributed by atoms with Crippen molar-refractivity contribution in [2.45, 2.75) is 18.6 Å². The second-order valence-electron chi connectivity index (χ2n) is 3.24. The molecule has 2 unspecified atom stereocenters. The van der Waals surface area contributed by atoms with Crippen molar-refractivity contribution >= 4 is 6.08 Å². The molecule has 2 nitrogen and oxygen atoms in total. The Hall–Kier alpha value is -1.36. The van der Waals surface area contributed by atoms with Gasteiger partial charge in [0.15, 0.2) is 0 Å². The van der Waals surface area contributed by atoms with E-state index in [1.807, 2.05) is 0 Å². The molecule has 2 atom stereocenters. The van der Waals surface area contributed by atoms with Crippen LogP contribution in [0.2, 0.25) is 0 Å². The molecule has 0 fully saturated rings. The van der Waals surface area contributed by atoms with Gasteiger partial charge in [0.2, 0.25) is 0 Å². The summed E-state index contributed by atoms with van der Waals surface area (Å²) in [7, 11) is 1.31. The molecule has 1 N–H and O–H groups in total. The molecule has 0 spiro atoms. The van der Waals surface area contributed by atoms with Gasteiger partial charge in [-0.15, -0.1) is 0 Å². The molecule has 0 aliphatic rings. The maximum absolute atomic E-state index is 13.4. The first-order valence-electron chi connectivity index (χ1n) is 4.83. The van der Waals surface area contributed by atoms with Gasteiger partial charge in [-0.1, -0.05) is 12.1 Å². The van der Waals surface area contributed by atoms with Crippen molar-refractivity contribution < 1.29 is 13.2 Å². The fourth-order valence-electron chi connectivity index (χ4n) is 1.22. The van der Waals surface area contributed by atoms with Crippen molar-refractivity contribution in [1.29, 1.82) is 0 Å². The number of nitrogens with zero attached hydrogens (tertiary/aromatic N) is 1. The van der Waals surface area contributed by atoms with E-state index in [0.717, 1.165) is 6.08 Å². The summed E-state index contributed by atoms with van der Waals surface area (Å²) in [4.78, 5) is 3.83. The first-order valence-corrected chi connectivity index (χ1v) is 4.83. The maximum Gasteiger partial charge on any atom is 0.256 e. The molecule has 1 aromatic rings. The summed E-state index contributed by atoms with van der Waals surface area (Å²) in [6.45, 7) is 0. The van der Waals surface area contributed by atoms with Crippen LogP contribution in [0.15, 0.2) is 30.6 Å². The fourth-order valence-corrected chi connectivity index (χ4v) is 1.22. The van der Waals surface area contributed by atoms with Gasteiger partial charge >= 0.3 is 0 Å². The Morgan fingerprint density at radius 2 is 2.12 bits per heavy atom. The predicted octanol–water partition coefficient (Wildman–Crippen LogP) is 2.29. The van der Waals surface area contributed by atoms with Gasteiger partial charge in [0.05, 0.1) is 0 Å². The SMILES string of the molecule is CNC(C(F)F)C(F)/C=C\c1cccnc1. The molecule has 1 aromatic heterocycles. The molecule has 0 radical (unpaired) electrons. The summed E-state index contributed by atoms with van der Waals surface area (Å²) in [5, 5.41) is 2.25. The van der Waals surface area contributed by atoms with Crippen LogP contribution in [-0.4, -0.2) is 30.7 Å². The average molecular weight is 230 g/mol. The topological polar surface area (TPSA) is 24.9 Å². The smallest absolute Gasteiger partial charge is 0.256 e. The molecule has 88 valence electrons. The van der Waals surface area contributed by atoms with Crippen LogP contribution in [0.1, 0.15) is 5.56 Å². The Morgan fingerprint density at radius 1 is 1.38 bits per heavy atom. The summed E-state index contributed by atoms with van der Waals surface area (Å²) in [5.41, 5.74) is 0.675. The molecule has 0 saturated heterocycles. The lowest BCUT2D eigenvalue weighted by Crippen LogP contribution is -2.40. The Bertz CT molecular complexity index is 327. The third-order valence-electron chi connectivity index (χ3n) is 2.10. The van der Waals surface area contributed by atoms with Crippen LogP contribution in [0.3, 0.4) is 0 Å². The zero-order valence-electron chi connectivity index (χ0n) is 8.78. The second kappa shape index (κ2) is 6.27. The molecular formula is C11H13F3N2. The van der Waals surface area contributed by atoms with Gasteiger partial charge in [0, 0.05) is 12.4 Å². The number of hydrogen-bond donors (Lipinski definition) is 1. The molecule has 0 saturated carbocycles. The van der Waals surface area contributed by atoms with E-state index in [9.17, 15) is 13.2 Å². The quantitative estimate of drug-likeness (QED) is 0.839. The minimum absolute atomic E-state index is 0.675. The molecule has 0 bridgehead atoms. The Labute approximate surface area is 92.2 Å². The van der Waals surface area contributed by atoms with Crippen LogP contribution >= 0.6 is 0 Å². The minimum Gasteiger partial charge on any atom is -0.309 e. The van der Waals surface area contributed by atoms with Crippen molar-refractivity contribution in [3.05, 3.63) is 36.2 Å². The number of nitrogens with one attached hydrogen (secondary N) is 1. The van der Waals surface area contributed by atoms with Crippen LogP contribution < -0.4 is 5.32 Å². The molecule has 0 aliphatic carbocycles. The van der Waals surface area contributed by atoms with Crippen LogP contribution in [0.4, 0.5) is 13.2 Å². The number of halogens is 3. The fraction of sp³-hybridized carbons (Fsp3) is 0.364. The van der Waals surface area contributed by atoms with E-state index in [1.54, 1.807) is 18.3 Å². The number of pyridine rings is 1. The van der Waals surface area contributed by atoms with E-state index >= 15 is 0 Å². The predicted molar refractivity (Wildman–Crippen MR) is 57.0 cm³/mol. The van der Waals surface area contributed by atoms with E-state index in [2.05, 4.69) is 10.3 Å². The molecule has 0 amide bonds. The van der Waals surface area contributed by atoms with Gasteiger partial charge in [0.1, 0.15) is 12.2 Å². The third kappa shape index (κ3) is 3.66. The summed E-state index contributed by atoms with van der Waals surface area (Å²) in [6, 6.07) is 1.93. The van der Waals surface area contributed by atoms with E-state index in [1.165, 1.54) is 19.3 Å². The van der Waals surface area contributed by atoms with Crippen molar-refractivity contribution in [3.8, 4) is 0 Å². The number of alkyl halides is 3. The molecule has 0 aromatic carbocycles. The summed E-state index contributed by atoms with van der Waals surface area (Å²) in [6.07, 6.45) is 1.18. The monoisotopic (exact) mass is 230 g/mol. The van der Waals surface area contributed by atoms with Gasteiger partial charge in [-0.3, -0.25) is 4.98 Å². The lowest BCUT2D eigenvalue weighted by atomic mass is 10.1. The van der Waals surface area contributed by atoms with E-state index in [4.69, 9.17) is 0 Å². The molecule has 0 aliphatic heterocycles. The van der Waals surface area contributed by atoms with Crippen molar-refractivity contribution in [1.82, 2.24) is 10.3 Å². The first-order chi connectivity index (χ1) is 7.65. The highest BCUT2D eigenvalue weighted by molar-refractivity contribution is 5.48. The second-order valence-corrected chi connectivity index (χ2v) is 3.24. The molecular weight excluding hydrogens is 217 g/mol. The molecule has 16 heavy (non-hydrogen) atoms.